The van der Waals surface area contributed by atoms with Crippen LogP contribution in [0.1, 0.15) is 26.7 Å². The maximum Gasteiger partial charge on any atom is 0.00727 e. The Bertz CT molecular complexity index is 185. The Morgan fingerprint density at radius 1 is 1.42 bits per heavy atom. The molecule has 2 rings (SSSR count). The van der Waals surface area contributed by atoms with Gasteiger partial charge in [-0.05, 0) is 44.1 Å². The van der Waals surface area contributed by atoms with Crippen molar-refractivity contribution in [2.75, 3.05) is 6.54 Å². The summed E-state index contributed by atoms with van der Waals surface area (Å²) in [5, 5.41) is 3.54. The Hall–Kier alpha value is -0.300. The molecule has 0 amide bonds. The fraction of sp³-hybridized carbons (Fsp3) is 0.818. The first-order valence-electron chi connectivity index (χ1n) is 5.23. The van der Waals surface area contributed by atoms with Crippen LogP contribution in [0.25, 0.3) is 0 Å². The zero-order chi connectivity index (χ0) is 8.55. The molecule has 1 fully saturated rings. The molecule has 0 heterocycles. The molecule has 0 spiro atoms. The normalized spacial score (nSPS) is 40.7. The molecule has 1 heteroatoms. The summed E-state index contributed by atoms with van der Waals surface area (Å²) in [5.41, 5.74) is 0. The van der Waals surface area contributed by atoms with Gasteiger partial charge in [0.25, 0.3) is 0 Å². The highest BCUT2D eigenvalue weighted by molar-refractivity contribution is 5.11. The van der Waals surface area contributed by atoms with E-state index >= 15 is 0 Å². The van der Waals surface area contributed by atoms with Gasteiger partial charge in [-0.15, -0.1) is 0 Å². The van der Waals surface area contributed by atoms with E-state index in [0.717, 1.165) is 30.3 Å². The van der Waals surface area contributed by atoms with E-state index in [0.29, 0.717) is 0 Å². The summed E-state index contributed by atoms with van der Waals surface area (Å²) >= 11 is 0. The van der Waals surface area contributed by atoms with Gasteiger partial charge in [0.2, 0.25) is 0 Å². The lowest BCUT2D eigenvalue weighted by Crippen LogP contribution is -2.35. The molecule has 4 unspecified atom stereocenters. The molecule has 0 saturated heterocycles. The summed E-state index contributed by atoms with van der Waals surface area (Å²) < 4.78 is 0. The van der Waals surface area contributed by atoms with Crippen LogP contribution in [0.3, 0.4) is 0 Å². The van der Waals surface area contributed by atoms with E-state index in [-0.39, 0.29) is 0 Å². The van der Waals surface area contributed by atoms with Gasteiger partial charge < -0.3 is 5.32 Å². The van der Waals surface area contributed by atoms with Crippen molar-refractivity contribution < 1.29 is 0 Å². The molecule has 4 atom stereocenters. The standard InChI is InChI=1S/C11H19N/c1-3-12-8(2)11-7-9-4-5-10(11)6-9/h4-5,8-12H,3,6-7H2,1-2H3. The molecule has 2 bridgehead atoms. The average Bonchev–Trinajstić information content (AvgIpc) is 2.64. The molecule has 0 radical (unpaired) electrons. The number of hydrogen-bond acceptors (Lipinski definition) is 1. The second-order valence-electron chi connectivity index (χ2n) is 4.29. The first-order valence-corrected chi connectivity index (χ1v) is 5.23. The number of allylic oxidation sites excluding steroid dienone is 2. The van der Waals surface area contributed by atoms with Crippen molar-refractivity contribution >= 4 is 0 Å². The van der Waals surface area contributed by atoms with Crippen LogP contribution in [0.5, 0.6) is 0 Å². The van der Waals surface area contributed by atoms with Gasteiger partial charge in [0.15, 0.2) is 0 Å². The predicted octanol–water partition coefficient (Wildman–Crippen LogP) is 2.20. The van der Waals surface area contributed by atoms with Crippen molar-refractivity contribution in [1.82, 2.24) is 5.32 Å². The molecule has 0 aliphatic heterocycles. The molecule has 2 aliphatic rings. The van der Waals surface area contributed by atoms with E-state index in [1.54, 1.807) is 0 Å². The summed E-state index contributed by atoms with van der Waals surface area (Å²) in [7, 11) is 0. The third-order valence-corrected chi connectivity index (χ3v) is 3.50. The first kappa shape index (κ1) is 8.31. The molecule has 1 N–H and O–H groups in total. The monoisotopic (exact) mass is 165 g/mol. The lowest BCUT2D eigenvalue weighted by molar-refractivity contribution is 0.332. The summed E-state index contributed by atoms with van der Waals surface area (Å²) in [6.45, 7) is 5.64. The Kier molecular flexibility index (Phi) is 2.22. The van der Waals surface area contributed by atoms with Crippen LogP contribution < -0.4 is 5.32 Å². The van der Waals surface area contributed by atoms with Crippen molar-refractivity contribution in [1.29, 1.82) is 0 Å². The van der Waals surface area contributed by atoms with Crippen LogP contribution in [0.4, 0.5) is 0 Å². The van der Waals surface area contributed by atoms with E-state index < -0.39 is 0 Å². The maximum atomic E-state index is 3.54. The molecular weight excluding hydrogens is 146 g/mol. The molecule has 2 aliphatic carbocycles. The van der Waals surface area contributed by atoms with Crippen LogP contribution in [0.2, 0.25) is 0 Å². The van der Waals surface area contributed by atoms with Crippen LogP contribution in [-0.2, 0) is 0 Å². The molecule has 1 nitrogen and oxygen atoms in total. The predicted molar refractivity (Wildman–Crippen MR) is 52.0 cm³/mol. The lowest BCUT2D eigenvalue weighted by Gasteiger charge is -2.25. The van der Waals surface area contributed by atoms with Crippen molar-refractivity contribution in [3.8, 4) is 0 Å². The molecule has 0 aromatic heterocycles. The number of rotatable bonds is 3. The summed E-state index contributed by atoms with van der Waals surface area (Å²) in [4.78, 5) is 0. The van der Waals surface area contributed by atoms with Crippen molar-refractivity contribution in [2.24, 2.45) is 17.8 Å². The summed E-state index contributed by atoms with van der Waals surface area (Å²) in [6.07, 6.45) is 7.71. The summed E-state index contributed by atoms with van der Waals surface area (Å²) in [5.74, 6) is 2.73. The highest BCUT2D eigenvalue weighted by atomic mass is 14.9. The van der Waals surface area contributed by atoms with Gasteiger partial charge >= 0.3 is 0 Å². The maximum absolute atomic E-state index is 3.54. The van der Waals surface area contributed by atoms with Crippen molar-refractivity contribution in [2.45, 2.75) is 32.7 Å². The van der Waals surface area contributed by atoms with Gasteiger partial charge in [0.05, 0.1) is 0 Å². The first-order chi connectivity index (χ1) is 5.81. The molecule has 0 aromatic rings. The van der Waals surface area contributed by atoms with E-state index in [4.69, 9.17) is 0 Å². The molecule has 12 heavy (non-hydrogen) atoms. The Labute approximate surface area is 75.2 Å². The Morgan fingerprint density at radius 2 is 2.25 bits per heavy atom. The van der Waals surface area contributed by atoms with Crippen LogP contribution in [0, 0.1) is 17.8 Å². The fourth-order valence-electron chi connectivity index (χ4n) is 2.87. The highest BCUT2D eigenvalue weighted by Gasteiger charge is 2.37. The van der Waals surface area contributed by atoms with Crippen LogP contribution in [-0.4, -0.2) is 12.6 Å². The second-order valence-corrected chi connectivity index (χ2v) is 4.29. The van der Waals surface area contributed by atoms with E-state index in [2.05, 4.69) is 31.3 Å². The number of hydrogen-bond donors (Lipinski definition) is 1. The molecule has 0 aromatic carbocycles. The van der Waals surface area contributed by atoms with Gasteiger partial charge in [0.1, 0.15) is 0 Å². The zero-order valence-corrected chi connectivity index (χ0v) is 8.09. The van der Waals surface area contributed by atoms with Crippen LogP contribution in [0.15, 0.2) is 12.2 Å². The number of fused-ring (bicyclic) bond motifs is 2. The van der Waals surface area contributed by atoms with Crippen LogP contribution >= 0.6 is 0 Å². The minimum Gasteiger partial charge on any atom is -0.314 e. The van der Waals surface area contributed by atoms with Gasteiger partial charge in [-0.1, -0.05) is 19.1 Å². The third kappa shape index (κ3) is 1.31. The molecule has 1 saturated carbocycles. The van der Waals surface area contributed by atoms with E-state index in [1.807, 2.05) is 0 Å². The smallest absolute Gasteiger partial charge is 0.00727 e. The van der Waals surface area contributed by atoms with Crippen molar-refractivity contribution in [3.63, 3.8) is 0 Å². The quantitative estimate of drug-likeness (QED) is 0.632. The number of nitrogens with one attached hydrogen (secondary N) is 1. The van der Waals surface area contributed by atoms with Crippen molar-refractivity contribution in [3.05, 3.63) is 12.2 Å². The fourth-order valence-corrected chi connectivity index (χ4v) is 2.87. The van der Waals surface area contributed by atoms with E-state index in [1.165, 1.54) is 12.8 Å². The third-order valence-electron chi connectivity index (χ3n) is 3.50. The highest BCUT2D eigenvalue weighted by Crippen LogP contribution is 2.44. The van der Waals surface area contributed by atoms with Gasteiger partial charge in [-0.2, -0.15) is 0 Å². The van der Waals surface area contributed by atoms with Gasteiger partial charge in [-0.3, -0.25) is 0 Å². The SMILES string of the molecule is CCNC(C)C1CC2C=CC1C2. The Morgan fingerprint density at radius 3 is 2.75 bits per heavy atom. The minimum absolute atomic E-state index is 0.718. The largest absolute Gasteiger partial charge is 0.314 e. The topological polar surface area (TPSA) is 12.0 Å². The van der Waals surface area contributed by atoms with Gasteiger partial charge in [-0.25, -0.2) is 0 Å². The zero-order valence-electron chi connectivity index (χ0n) is 8.09. The second kappa shape index (κ2) is 3.21. The van der Waals surface area contributed by atoms with E-state index in [9.17, 15) is 0 Å². The lowest BCUT2D eigenvalue weighted by atomic mass is 9.87. The summed E-state index contributed by atoms with van der Waals surface area (Å²) in [6, 6.07) is 0.718. The average molecular weight is 165 g/mol. The minimum atomic E-state index is 0.718. The Balaban J connectivity index is 1.93. The molecular formula is C11H19N. The van der Waals surface area contributed by atoms with Gasteiger partial charge in [0, 0.05) is 6.04 Å². The molecule has 68 valence electrons.